The minimum atomic E-state index is 0.0363. The van der Waals surface area contributed by atoms with Gasteiger partial charge in [0.25, 0.3) is 0 Å². The molecule has 0 radical (unpaired) electrons. The molecule has 2 nitrogen and oxygen atoms in total. The highest BCUT2D eigenvalue weighted by Gasteiger charge is 2.25. The van der Waals surface area contributed by atoms with Crippen molar-refractivity contribution in [1.82, 2.24) is 4.90 Å². The maximum Gasteiger partial charge on any atom is 0.0453 e. The lowest BCUT2D eigenvalue weighted by Crippen LogP contribution is -2.35. The fourth-order valence-corrected chi connectivity index (χ4v) is 2.70. The van der Waals surface area contributed by atoms with Crippen LogP contribution in [-0.2, 0) is 0 Å². The summed E-state index contributed by atoms with van der Waals surface area (Å²) in [5, 5.41) is 0.785. The van der Waals surface area contributed by atoms with Gasteiger partial charge in [0.2, 0.25) is 0 Å². The zero-order chi connectivity index (χ0) is 13.8. The third-order valence-corrected chi connectivity index (χ3v) is 4.30. The first-order chi connectivity index (χ1) is 9.08. The summed E-state index contributed by atoms with van der Waals surface area (Å²) < 4.78 is 0. The lowest BCUT2D eigenvalue weighted by atomic mass is 10.0. The molecular weight excluding hydrogens is 256 g/mol. The van der Waals surface area contributed by atoms with Crippen LogP contribution in [0.4, 0.5) is 0 Å². The van der Waals surface area contributed by atoms with Crippen LogP contribution in [-0.4, -0.2) is 24.0 Å². The fraction of sp³-hybridized carbons (Fsp3) is 0.625. The number of hydrogen-bond acceptors (Lipinski definition) is 2. The van der Waals surface area contributed by atoms with Crippen molar-refractivity contribution in [3.63, 3.8) is 0 Å². The summed E-state index contributed by atoms with van der Waals surface area (Å²) in [6.45, 7) is 6.82. The Bertz CT molecular complexity index is 401. The van der Waals surface area contributed by atoms with Gasteiger partial charge in [0, 0.05) is 30.2 Å². The predicted molar refractivity (Wildman–Crippen MR) is 82.4 cm³/mol. The van der Waals surface area contributed by atoms with E-state index in [1.807, 2.05) is 24.3 Å². The van der Waals surface area contributed by atoms with E-state index in [0.29, 0.717) is 6.04 Å². The third kappa shape index (κ3) is 4.48. The maximum atomic E-state index is 6.28. The van der Waals surface area contributed by atoms with E-state index in [4.69, 9.17) is 17.3 Å². The molecule has 1 fully saturated rings. The molecule has 1 saturated carbocycles. The molecule has 19 heavy (non-hydrogen) atoms. The number of hydrogen-bond donors (Lipinski definition) is 1. The first-order valence-electron chi connectivity index (χ1n) is 7.32. The van der Waals surface area contributed by atoms with Crippen molar-refractivity contribution >= 4 is 11.6 Å². The van der Waals surface area contributed by atoms with Crippen molar-refractivity contribution in [1.29, 1.82) is 0 Å². The predicted octanol–water partition coefficient (Wildman–Crippen LogP) is 3.85. The van der Waals surface area contributed by atoms with Gasteiger partial charge in [-0.1, -0.05) is 29.8 Å². The Balaban J connectivity index is 1.87. The third-order valence-electron chi connectivity index (χ3n) is 3.95. The van der Waals surface area contributed by atoms with Crippen LogP contribution in [0.5, 0.6) is 0 Å². The van der Waals surface area contributed by atoms with E-state index in [-0.39, 0.29) is 6.04 Å². The van der Waals surface area contributed by atoms with E-state index >= 15 is 0 Å². The monoisotopic (exact) mass is 280 g/mol. The van der Waals surface area contributed by atoms with Gasteiger partial charge < -0.3 is 10.6 Å². The molecule has 1 aromatic carbocycles. The van der Waals surface area contributed by atoms with Gasteiger partial charge in [-0.3, -0.25) is 0 Å². The van der Waals surface area contributed by atoms with E-state index in [0.717, 1.165) is 29.5 Å². The van der Waals surface area contributed by atoms with E-state index in [1.54, 1.807) is 0 Å². The van der Waals surface area contributed by atoms with Crippen LogP contribution in [0, 0.1) is 5.92 Å². The molecule has 0 heterocycles. The molecule has 0 aromatic heterocycles. The maximum absolute atomic E-state index is 6.28. The molecule has 0 aliphatic heterocycles. The molecule has 0 amide bonds. The van der Waals surface area contributed by atoms with Crippen molar-refractivity contribution in [2.75, 3.05) is 13.1 Å². The summed E-state index contributed by atoms with van der Waals surface area (Å²) in [7, 11) is 0. The summed E-state index contributed by atoms with van der Waals surface area (Å²) in [4.78, 5) is 2.55. The van der Waals surface area contributed by atoms with Gasteiger partial charge in [0.1, 0.15) is 0 Å². The van der Waals surface area contributed by atoms with Crippen LogP contribution in [0.1, 0.15) is 44.7 Å². The Morgan fingerprint density at radius 3 is 2.58 bits per heavy atom. The largest absolute Gasteiger partial charge is 0.324 e. The summed E-state index contributed by atoms with van der Waals surface area (Å²) in [6, 6.07) is 8.54. The smallest absolute Gasteiger partial charge is 0.0453 e. The van der Waals surface area contributed by atoms with Crippen LogP contribution >= 0.6 is 11.6 Å². The number of nitrogens with zero attached hydrogens (tertiary/aromatic N) is 1. The molecule has 0 saturated heterocycles. The van der Waals surface area contributed by atoms with Gasteiger partial charge in [-0.2, -0.15) is 0 Å². The summed E-state index contributed by atoms with van der Waals surface area (Å²) >= 11 is 6.20. The Kier molecular flexibility index (Phi) is 5.26. The topological polar surface area (TPSA) is 29.3 Å². The first kappa shape index (κ1) is 14.8. The Labute approximate surface area is 121 Å². The molecule has 0 bridgehead atoms. The first-order valence-corrected chi connectivity index (χ1v) is 7.69. The van der Waals surface area contributed by atoms with Crippen LogP contribution in [0.2, 0.25) is 5.02 Å². The van der Waals surface area contributed by atoms with Gasteiger partial charge in [-0.25, -0.2) is 0 Å². The molecule has 2 rings (SSSR count). The lowest BCUT2D eigenvalue weighted by molar-refractivity contribution is 0.205. The number of rotatable bonds is 7. The standard InChI is InChI=1S/C16H25ClN2/c1-12(2)19(11-13-7-8-13)10-9-16(18)14-5-3-4-6-15(14)17/h3-6,12-13,16H,7-11,18H2,1-2H3. The molecule has 106 valence electrons. The van der Waals surface area contributed by atoms with Crippen molar-refractivity contribution in [3.8, 4) is 0 Å². The number of benzene rings is 1. The highest BCUT2D eigenvalue weighted by molar-refractivity contribution is 6.31. The summed E-state index contributed by atoms with van der Waals surface area (Å²) in [5.41, 5.74) is 7.35. The zero-order valence-electron chi connectivity index (χ0n) is 12.0. The second-order valence-corrected chi connectivity index (χ2v) is 6.36. The average molecular weight is 281 g/mol. The van der Waals surface area contributed by atoms with Gasteiger partial charge in [-0.15, -0.1) is 0 Å². The Hall–Kier alpha value is -0.570. The van der Waals surface area contributed by atoms with Crippen molar-refractivity contribution in [2.24, 2.45) is 11.7 Å². The van der Waals surface area contributed by atoms with Gasteiger partial charge >= 0.3 is 0 Å². The van der Waals surface area contributed by atoms with Gasteiger partial charge in [0.15, 0.2) is 0 Å². The Morgan fingerprint density at radius 2 is 2.00 bits per heavy atom. The van der Waals surface area contributed by atoms with Crippen molar-refractivity contribution in [3.05, 3.63) is 34.9 Å². The molecule has 1 aromatic rings. The van der Waals surface area contributed by atoms with E-state index in [2.05, 4.69) is 18.7 Å². The normalized spacial score (nSPS) is 17.2. The molecule has 1 atom stereocenters. The summed E-state index contributed by atoms with van der Waals surface area (Å²) in [5.74, 6) is 0.930. The molecule has 1 aliphatic carbocycles. The lowest BCUT2D eigenvalue weighted by Gasteiger charge is -2.28. The molecule has 2 N–H and O–H groups in total. The Morgan fingerprint density at radius 1 is 1.32 bits per heavy atom. The quantitative estimate of drug-likeness (QED) is 0.822. The minimum Gasteiger partial charge on any atom is -0.324 e. The fourth-order valence-electron chi connectivity index (χ4n) is 2.43. The minimum absolute atomic E-state index is 0.0363. The van der Waals surface area contributed by atoms with Crippen LogP contribution in [0.25, 0.3) is 0 Å². The van der Waals surface area contributed by atoms with E-state index in [9.17, 15) is 0 Å². The number of nitrogens with two attached hydrogens (primary N) is 1. The second kappa shape index (κ2) is 6.74. The van der Waals surface area contributed by atoms with Crippen molar-refractivity contribution < 1.29 is 0 Å². The molecular formula is C16H25ClN2. The highest BCUT2D eigenvalue weighted by Crippen LogP contribution is 2.31. The molecule has 1 aliphatic rings. The van der Waals surface area contributed by atoms with Crippen LogP contribution in [0.15, 0.2) is 24.3 Å². The summed E-state index contributed by atoms with van der Waals surface area (Å²) in [6.07, 6.45) is 3.77. The SMILES string of the molecule is CC(C)N(CCC(N)c1ccccc1Cl)CC1CC1. The highest BCUT2D eigenvalue weighted by atomic mass is 35.5. The van der Waals surface area contributed by atoms with E-state index < -0.39 is 0 Å². The van der Waals surface area contributed by atoms with Gasteiger partial charge in [0.05, 0.1) is 0 Å². The number of halogens is 1. The van der Waals surface area contributed by atoms with Gasteiger partial charge in [-0.05, 0) is 50.7 Å². The van der Waals surface area contributed by atoms with Crippen LogP contribution in [0.3, 0.4) is 0 Å². The van der Waals surface area contributed by atoms with Crippen molar-refractivity contribution in [2.45, 2.75) is 45.2 Å². The zero-order valence-corrected chi connectivity index (χ0v) is 12.7. The molecule has 1 unspecified atom stereocenters. The molecule has 0 spiro atoms. The van der Waals surface area contributed by atoms with E-state index in [1.165, 1.54) is 19.4 Å². The van der Waals surface area contributed by atoms with Crippen LogP contribution < -0.4 is 5.73 Å². The second-order valence-electron chi connectivity index (χ2n) is 5.95. The molecule has 3 heteroatoms. The average Bonchev–Trinajstić information content (AvgIpc) is 3.18.